The van der Waals surface area contributed by atoms with Crippen LogP contribution >= 0.6 is 23.2 Å². The van der Waals surface area contributed by atoms with E-state index in [0.29, 0.717) is 28.8 Å². The van der Waals surface area contributed by atoms with E-state index in [1.54, 1.807) is 12.1 Å². The number of benzene rings is 1. The molecule has 1 N–H and O–H groups in total. The van der Waals surface area contributed by atoms with E-state index in [-0.39, 0.29) is 5.91 Å². The first-order valence-electron chi connectivity index (χ1n) is 6.87. The molecule has 1 fully saturated rings. The Morgan fingerprint density at radius 3 is 2.29 bits per heavy atom. The summed E-state index contributed by atoms with van der Waals surface area (Å²) in [6.07, 6.45) is 0. The van der Waals surface area contributed by atoms with Crippen LogP contribution in [0.2, 0.25) is 5.02 Å². The summed E-state index contributed by atoms with van der Waals surface area (Å²) in [5.41, 5.74) is 0.654. The molecule has 0 spiro atoms. The number of anilines is 1. The Hall–Kier alpha value is -1.07. The van der Waals surface area contributed by atoms with Gasteiger partial charge in [-0.15, -0.1) is 0 Å². The molecule has 0 radical (unpaired) electrons. The van der Waals surface area contributed by atoms with Gasteiger partial charge in [0.15, 0.2) is 0 Å². The number of hydrogen-bond acceptors (Lipinski definition) is 3. The molecule has 1 aliphatic rings. The van der Waals surface area contributed by atoms with Crippen molar-refractivity contribution in [2.75, 3.05) is 44.6 Å². The maximum atomic E-state index is 12.0. The van der Waals surface area contributed by atoms with Crippen LogP contribution in [0.25, 0.3) is 0 Å². The van der Waals surface area contributed by atoms with Crippen LogP contribution in [0.4, 0.5) is 5.69 Å². The van der Waals surface area contributed by atoms with E-state index >= 15 is 0 Å². The molecule has 0 atom stereocenters. The molecule has 0 saturated carbocycles. The molecule has 4 nitrogen and oxygen atoms in total. The maximum Gasteiger partial charge on any atom is 0.238 e. The van der Waals surface area contributed by atoms with Gasteiger partial charge >= 0.3 is 0 Å². The van der Waals surface area contributed by atoms with Gasteiger partial charge in [0, 0.05) is 37.8 Å². The zero-order chi connectivity index (χ0) is 15.2. The van der Waals surface area contributed by atoms with Gasteiger partial charge in [-0.25, -0.2) is 0 Å². The Kier molecular flexibility index (Phi) is 6.06. The van der Waals surface area contributed by atoms with Crippen molar-refractivity contribution in [1.29, 1.82) is 0 Å². The van der Waals surface area contributed by atoms with Crippen molar-refractivity contribution in [1.82, 2.24) is 9.80 Å². The lowest BCUT2D eigenvalue weighted by Crippen LogP contribution is -2.48. The van der Waals surface area contributed by atoms with Gasteiger partial charge in [-0.3, -0.25) is 14.6 Å². The largest absolute Gasteiger partial charge is 0.324 e. The lowest BCUT2D eigenvalue weighted by atomic mass is 10.3. The van der Waals surface area contributed by atoms with Crippen molar-refractivity contribution < 1.29 is 4.79 Å². The van der Waals surface area contributed by atoms with Gasteiger partial charge < -0.3 is 5.32 Å². The summed E-state index contributed by atoms with van der Waals surface area (Å²) in [7, 11) is 0. The Morgan fingerprint density at radius 1 is 1.14 bits per heavy atom. The molecular formula is C15H19Cl2N3O. The van der Waals surface area contributed by atoms with Crippen LogP contribution in [0.1, 0.15) is 0 Å². The fourth-order valence-electron chi connectivity index (χ4n) is 2.30. The smallest absolute Gasteiger partial charge is 0.238 e. The van der Waals surface area contributed by atoms with Gasteiger partial charge in [-0.1, -0.05) is 41.9 Å². The molecule has 0 aromatic heterocycles. The number of amides is 1. The second-order valence-electron chi connectivity index (χ2n) is 5.10. The number of halogens is 2. The molecule has 6 heteroatoms. The summed E-state index contributed by atoms with van der Waals surface area (Å²) >= 11 is 11.8. The Bertz CT molecular complexity index is 513. The van der Waals surface area contributed by atoms with Crippen LogP contribution in [0.15, 0.2) is 35.9 Å². The van der Waals surface area contributed by atoms with E-state index in [4.69, 9.17) is 23.2 Å². The molecule has 0 aliphatic carbocycles. The third-order valence-electron chi connectivity index (χ3n) is 3.38. The van der Waals surface area contributed by atoms with Gasteiger partial charge in [-0.05, 0) is 12.1 Å². The minimum atomic E-state index is -0.0432. The highest BCUT2D eigenvalue weighted by molar-refractivity contribution is 6.33. The van der Waals surface area contributed by atoms with Crippen LogP contribution in [-0.2, 0) is 4.79 Å². The van der Waals surface area contributed by atoms with E-state index in [1.165, 1.54) is 0 Å². The average Bonchev–Trinajstić information content (AvgIpc) is 2.43. The molecule has 1 amide bonds. The number of para-hydroxylation sites is 1. The highest BCUT2D eigenvalue weighted by Crippen LogP contribution is 2.20. The average molecular weight is 328 g/mol. The van der Waals surface area contributed by atoms with E-state index in [9.17, 15) is 4.79 Å². The Morgan fingerprint density at radius 2 is 1.71 bits per heavy atom. The monoisotopic (exact) mass is 327 g/mol. The SMILES string of the molecule is C=C(Cl)CN1CCN(CC(=O)Nc2ccccc2Cl)CC1. The van der Waals surface area contributed by atoms with Crippen LogP contribution in [0, 0.1) is 0 Å². The molecule has 2 rings (SSSR count). The Balaban J connectivity index is 1.77. The molecule has 1 saturated heterocycles. The first-order chi connectivity index (χ1) is 10.0. The van der Waals surface area contributed by atoms with E-state index in [1.807, 2.05) is 12.1 Å². The van der Waals surface area contributed by atoms with Gasteiger partial charge in [0.2, 0.25) is 5.91 Å². The molecule has 0 unspecified atom stereocenters. The van der Waals surface area contributed by atoms with Crippen LogP contribution < -0.4 is 5.32 Å². The summed E-state index contributed by atoms with van der Waals surface area (Å²) in [5, 5.41) is 4.04. The highest BCUT2D eigenvalue weighted by Gasteiger charge is 2.19. The summed E-state index contributed by atoms with van der Waals surface area (Å²) in [6.45, 7) is 8.27. The van der Waals surface area contributed by atoms with E-state index < -0.39 is 0 Å². The van der Waals surface area contributed by atoms with Crippen molar-refractivity contribution in [2.24, 2.45) is 0 Å². The van der Waals surface area contributed by atoms with Crippen molar-refractivity contribution in [3.8, 4) is 0 Å². The van der Waals surface area contributed by atoms with Crippen LogP contribution in [-0.4, -0.2) is 55.0 Å². The predicted octanol–water partition coefficient (Wildman–Crippen LogP) is 2.65. The molecule has 21 heavy (non-hydrogen) atoms. The van der Waals surface area contributed by atoms with Crippen molar-refractivity contribution in [2.45, 2.75) is 0 Å². The summed E-state index contributed by atoms with van der Waals surface area (Å²) < 4.78 is 0. The van der Waals surface area contributed by atoms with Crippen LogP contribution in [0.3, 0.4) is 0 Å². The lowest BCUT2D eigenvalue weighted by molar-refractivity contribution is -0.117. The van der Waals surface area contributed by atoms with Gasteiger partial charge in [0.05, 0.1) is 17.3 Å². The molecular weight excluding hydrogens is 309 g/mol. The second-order valence-corrected chi connectivity index (χ2v) is 6.04. The normalized spacial score (nSPS) is 16.7. The molecule has 114 valence electrons. The Labute approximate surface area is 135 Å². The highest BCUT2D eigenvalue weighted by atomic mass is 35.5. The molecule has 1 aromatic rings. The topological polar surface area (TPSA) is 35.6 Å². The quantitative estimate of drug-likeness (QED) is 0.903. The number of nitrogens with zero attached hydrogens (tertiary/aromatic N) is 2. The fourth-order valence-corrected chi connectivity index (χ4v) is 2.66. The van der Waals surface area contributed by atoms with Crippen molar-refractivity contribution in [3.05, 3.63) is 40.9 Å². The first kappa shape index (κ1) is 16.3. The van der Waals surface area contributed by atoms with Crippen molar-refractivity contribution in [3.63, 3.8) is 0 Å². The number of nitrogens with one attached hydrogen (secondary N) is 1. The number of rotatable bonds is 5. The van der Waals surface area contributed by atoms with Gasteiger partial charge in [0.25, 0.3) is 0 Å². The molecule has 0 bridgehead atoms. The second kappa shape index (κ2) is 7.80. The standard InChI is InChI=1S/C15H19Cl2N3O/c1-12(16)10-19-6-8-20(9-7-19)11-15(21)18-14-5-3-2-4-13(14)17/h2-5H,1,6-11H2,(H,18,21). The summed E-state index contributed by atoms with van der Waals surface area (Å²) in [6, 6.07) is 7.24. The minimum absolute atomic E-state index is 0.0432. The third kappa shape index (κ3) is 5.32. The number of carbonyl (C=O) groups is 1. The zero-order valence-electron chi connectivity index (χ0n) is 11.8. The van der Waals surface area contributed by atoms with Crippen LogP contribution in [0.5, 0.6) is 0 Å². The van der Waals surface area contributed by atoms with E-state index in [0.717, 1.165) is 26.2 Å². The minimum Gasteiger partial charge on any atom is -0.324 e. The molecule has 1 aromatic carbocycles. The zero-order valence-corrected chi connectivity index (χ0v) is 13.3. The molecule has 1 heterocycles. The lowest BCUT2D eigenvalue weighted by Gasteiger charge is -2.34. The summed E-state index contributed by atoms with van der Waals surface area (Å²) in [5.74, 6) is -0.0432. The summed E-state index contributed by atoms with van der Waals surface area (Å²) in [4.78, 5) is 16.4. The first-order valence-corrected chi connectivity index (χ1v) is 7.62. The van der Waals surface area contributed by atoms with Crippen molar-refractivity contribution >= 4 is 34.8 Å². The van der Waals surface area contributed by atoms with Gasteiger partial charge in [0.1, 0.15) is 0 Å². The third-order valence-corrected chi connectivity index (χ3v) is 3.82. The maximum absolute atomic E-state index is 12.0. The number of carbonyl (C=O) groups excluding carboxylic acids is 1. The fraction of sp³-hybridized carbons (Fsp3) is 0.400. The predicted molar refractivity (Wildman–Crippen MR) is 88.0 cm³/mol. The van der Waals surface area contributed by atoms with E-state index in [2.05, 4.69) is 21.7 Å². The number of hydrogen-bond donors (Lipinski definition) is 1. The van der Waals surface area contributed by atoms with Gasteiger partial charge in [-0.2, -0.15) is 0 Å². The number of piperazine rings is 1. The molecule has 1 aliphatic heterocycles.